The fourth-order valence-electron chi connectivity index (χ4n) is 1.60. The van der Waals surface area contributed by atoms with Gasteiger partial charge in [0, 0.05) is 13.1 Å². The summed E-state index contributed by atoms with van der Waals surface area (Å²) in [5.74, 6) is -0.269. The van der Waals surface area contributed by atoms with Crippen LogP contribution < -0.4 is 5.73 Å². The Labute approximate surface area is 109 Å². The number of hydrogen-bond donors (Lipinski definition) is 1. The van der Waals surface area contributed by atoms with Crippen molar-refractivity contribution >= 4 is 11.8 Å². The Balaban J connectivity index is 2.27. The van der Waals surface area contributed by atoms with Crippen molar-refractivity contribution in [3.63, 3.8) is 0 Å². The number of hydrogen-bond acceptors (Lipinski definition) is 5. The standard InChI is InChI=1S/C11H14FN5S/c1-7(13)10(8-4-3-5-9(12)6-8)18-11-14-15-16-17(11)2/h3-7,10H,13H2,1-2H3. The van der Waals surface area contributed by atoms with E-state index in [1.54, 1.807) is 17.8 Å². The molecule has 1 aromatic carbocycles. The van der Waals surface area contributed by atoms with E-state index in [0.717, 1.165) is 5.56 Å². The second-order valence-electron chi connectivity index (χ2n) is 4.04. The Morgan fingerprint density at radius 3 is 2.78 bits per heavy atom. The fraction of sp³-hybridized carbons (Fsp3) is 0.364. The number of nitrogens with two attached hydrogens (primary N) is 1. The first-order chi connectivity index (χ1) is 8.58. The van der Waals surface area contributed by atoms with Gasteiger partial charge in [-0.15, -0.1) is 5.10 Å². The SMILES string of the molecule is CC(N)C(Sc1nnnn1C)c1cccc(F)c1. The molecule has 1 heterocycles. The highest BCUT2D eigenvalue weighted by Crippen LogP contribution is 2.35. The summed E-state index contributed by atoms with van der Waals surface area (Å²) in [4.78, 5) is 0. The average molecular weight is 267 g/mol. The summed E-state index contributed by atoms with van der Waals surface area (Å²) in [5.41, 5.74) is 6.80. The van der Waals surface area contributed by atoms with E-state index in [1.165, 1.54) is 23.9 Å². The highest BCUT2D eigenvalue weighted by molar-refractivity contribution is 7.99. The molecule has 2 N–H and O–H groups in total. The first-order valence-electron chi connectivity index (χ1n) is 5.48. The van der Waals surface area contributed by atoms with Crippen LogP contribution in [0.4, 0.5) is 4.39 Å². The molecule has 5 nitrogen and oxygen atoms in total. The van der Waals surface area contributed by atoms with Crippen LogP contribution in [0.5, 0.6) is 0 Å². The van der Waals surface area contributed by atoms with Crippen LogP contribution in [0.2, 0.25) is 0 Å². The molecule has 0 fully saturated rings. The zero-order valence-electron chi connectivity index (χ0n) is 10.1. The smallest absolute Gasteiger partial charge is 0.209 e. The van der Waals surface area contributed by atoms with Crippen LogP contribution in [0.25, 0.3) is 0 Å². The van der Waals surface area contributed by atoms with Crippen LogP contribution in [0, 0.1) is 5.82 Å². The normalized spacial score (nSPS) is 14.4. The molecule has 0 spiro atoms. The molecule has 96 valence electrons. The van der Waals surface area contributed by atoms with E-state index in [2.05, 4.69) is 15.5 Å². The van der Waals surface area contributed by atoms with Crippen LogP contribution >= 0.6 is 11.8 Å². The fourth-order valence-corrected chi connectivity index (χ4v) is 2.59. The van der Waals surface area contributed by atoms with Crippen LogP contribution in [0.3, 0.4) is 0 Å². The third-order valence-electron chi connectivity index (χ3n) is 2.47. The van der Waals surface area contributed by atoms with Crippen molar-refractivity contribution < 1.29 is 4.39 Å². The van der Waals surface area contributed by atoms with E-state index in [4.69, 9.17) is 5.73 Å². The van der Waals surface area contributed by atoms with Gasteiger partial charge < -0.3 is 5.73 Å². The van der Waals surface area contributed by atoms with Crippen molar-refractivity contribution in [2.75, 3.05) is 0 Å². The predicted octanol–water partition coefficient (Wildman–Crippen LogP) is 1.53. The second-order valence-corrected chi connectivity index (χ2v) is 5.15. The summed E-state index contributed by atoms with van der Waals surface area (Å²) in [5, 5.41) is 11.8. The molecule has 1 aromatic heterocycles. The number of aryl methyl sites for hydroxylation is 1. The maximum absolute atomic E-state index is 13.3. The van der Waals surface area contributed by atoms with Gasteiger partial charge in [0.15, 0.2) is 0 Å². The Morgan fingerprint density at radius 1 is 1.44 bits per heavy atom. The summed E-state index contributed by atoms with van der Waals surface area (Å²) in [7, 11) is 1.76. The molecule has 18 heavy (non-hydrogen) atoms. The summed E-state index contributed by atoms with van der Waals surface area (Å²) in [6.07, 6.45) is 0. The highest BCUT2D eigenvalue weighted by atomic mass is 32.2. The number of nitrogens with zero attached hydrogens (tertiary/aromatic N) is 4. The maximum atomic E-state index is 13.3. The van der Waals surface area contributed by atoms with Gasteiger partial charge in [-0.2, -0.15) is 0 Å². The van der Waals surface area contributed by atoms with Crippen molar-refractivity contribution in [3.8, 4) is 0 Å². The molecule has 0 aliphatic heterocycles. The zero-order chi connectivity index (χ0) is 13.1. The minimum absolute atomic E-state index is 0.0922. The number of tetrazole rings is 1. The highest BCUT2D eigenvalue weighted by Gasteiger charge is 2.20. The van der Waals surface area contributed by atoms with E-state index in [1.807, 2.05) is 13.0 Å². The molecule has 0 radical (unpaired) electrons. The first kappa shape index (κ1) is 13.0. The van der Waals surface area contributed by atoms with E-state index >= 15 is 0 Å². The quantitative estimate of drug-likeness (QED) is 0.851. The second kappa shape index (κ2) is 5.45. The van der Waals surface area contributed by atoms with E-state index in [9.17, 15) is 4.39 Å². The van der Waals surface area contributed by atoms with Crippen LogP contribution in [-0.4, -0.2) is 26.2 Å². The lowest BCUT2D eigenvalue weighted by molar-refractivity contribution is 0.621. The van der Waals surface area contributed by atoms with Crippen LogP contribution in [0.1, 0.15) is 17.7 Å². The lowest BCUT2D eigenvalue weighted by Crippen LogP contribution is -2.23. The average Bonchev–Trinajstić information content (AvgIpc) is 2.71. The van der Waals surface area contributed by atoms with Crippen molar-refractivity contribution in [1.29, 1.82) is 0 Å². The van der Waals surface area contributed by atoms with Gasteiger partial charge in [0.2, 0.25) is 5.16 Å². The molecule has 2 aromatic rings. The van der Waals surface area contributed by atoms with E-state index < -0.39 is 0 Å². The molecule has 0 saturated heterocycles. The van der Waals surface area contributed by atoms with Gasteiger partial charge in [0.25, 0.3) is 0 Å². The van der Waals surface area contributed by atoms with Gasteiger partial charge in [-0.05, 0) is 35.0 Å². The number of halogens is 1. The van der Waals surface area contributed by atoms with Crippen molar-refractivity contribution in [1.82, 2.24) is 20.2 Å². The van der Waals surface area contributed by atoms with Crippen molar-refractivity contribution in [2.24, 2.45) is 12.8 Å². The van der Waals surface area contributed by atoms with Gasteiger partial charge in [-0.1, -0.05) is 23.9 Å². The van der Waals surface area contributed by atoms with Crippen molar-refractivity contribution in [2.45, 2.75) is 23.4 Å². The number of rotatable bonds is 4. The van der Waals surface area contributed by atoms with Gasteiger partial charge in [-0.25, -0.2) is 9.07 Å². The minimum atomic E-state index is -0.269. The number of aromatic nitrogens is 4. The van der Waals surface area contributed by atoms with Crippen LogP contribution in [-0.2, 0) is 7.05 Å². The zero-order valence-corrected chi connectivity index (χ0v) is 10.9. The number of benzene rings is 1. The topological polar surface area (TPSA) is 69.6 Å². The lowest BCUT2D eigenvalue weighted by Gasteiger charge is -2.19. The maximum Gasteiger partial charge on any atom is 0.209 e. The molecule has 7 heteroatoms. The van der Waals surface area contributed by atoms with Gasteiger partial charge in [0.05, 0.1) is 5.25 Å². The number of thioether (sulfide) groups is 1. The Hall–Kier alpha value is -1.47. The summed E-state index contributed by atoms with van der Waals surface area (Å²) < 4.78 is 14.8. The van der Waals surface area contributed by atoms with Gasteiger partial charge in [-0.3, -0.25) is 0 Å². The summed E-state index contributed by atoms with van der Waals surface area (Å²) in [6, 6.07) is 6.29. The molecule has 2 unspecified atom stereocenters. The van der Waals surface area contributed by atoms with E-state index in [-0.39, 0.29) is 17.1 Å². The molecule has 0 aliphatic rings. The summed E-state index contributed by atoms with van der Waals surface area (Å²) in [6.45, 7) is 1.88. The Morgan fingerprint density at radius 2 is 2.22 bits per heavy atom. The minimum Gasteiger partial charge on any atom is -0.327 e. The molecule has 0 aliphatic carbocycles. The third kappa shape index (κ3) is 2.85. The van der Waals surface area contributed by atoms with E-state index in [0.29, 0.717) is 5.16 Å². The molecule has 0 amide bonds. The van der Waals surface area contributed by atoms with Gasteiger partial charge >= 0.3 is 0 Å². The molecule has 2 rings (SSSR count). The lowest BCUT2D eigenvalue weighted by atomic mass is 10.1. The molecule has 0 bridgehead atoms. The molecular formula is C11H14FN5S. The molecular weight excluding hydrogens is 253 g/mol. The Bertz CT molecular complexity index is 528. The third-order valence-corrected chi connectivity index (χ3v) is 3.98. The molecule has 2 atom stereocenters. The van der Waals surface area contributed by atoms with Crippen LogP contribution in [0.15, 0.2) is 29.4 Å². The largest absolute Gasteiger partial charge is 0.327 e. The summed E-state index contributed by atoms with van der Waals surface area (Å²) >= 11 is 1.43. The Kier molecular flexibility index (Phi) is 3.93. The van der Waals surface area contributed by atoms with Crippen molar-refractivity contribution in [3.05, 3.63) is 35.6 Å². The first-order valence-corrected chi connectivity index (χ1v) is 6.36. The predicted molar refractivity (Wildman–Crippen MR) is 67.4 cm³/mol. The van der Waals surface area contributed by atoms with Gasteiger partial charge in [0.1, 0.15) is 5.82 Å². The monoisotopic (exact) mass is 267 g/mol. The molecule has 0 saturated carbocycles.